The first-order valence-electron chi connectivity index (χ1n) is 5.97. The minimum absolute atomic E-state index is 0.161. The van der Waals surface area contributed by atoms with Crippen LogP contribution in [0.3, 0.4) is 0 Å². The van der Waals surface area contributed by atoms with Gasteiger partial charge in [0.25, 0.3) is 0 Å². The molecule has 1 atom stereocenters. The van der Waals surface area contributed by atoms with Crippen LogP contribution < -0.4 is 5.73 Å². The minimum Gasteiger partial charge on any atom is -0.325 e. The molecule has 0 aromatic rings. The lowest BCUT2D eigenvalue weighted by atomic mass is 10.1. The Balaban J connectivity index is 3.19. The van der Waals surface area contributed by atoms with Gasteiger partial charge in [0, 0.05) is 6.04 Å². The largest absolute Gasteiger partial charge is 0.325 e. The highest BCUT2D eigenvalue weighted by Gasteiger charge is 1.86. The number of rotatable bonds is 9. The average Bonchev–Trinajstić information content (AvgIpc) is 2.20. The van der Waals surface area contributed by atoms with Crippen LogP contribution in [0.2, 0.25) is 0 Å². The summed E-state index contributed by atoms with van der Waals surface area (Å²) in [7, 11) is 0. The zero-order chi connectivity index (χ0) is 11.4. The lowest BCUT2D eigenvalue weighted by Crippen LogP contribution is -2.09. The van der Waals surface area contributed by atoms with E-state index in [0.29, 0.717) is 0 Å². The molecule has 0 aliphatic heterocycles. The van der Waals surface area contributed by atoms with E-state index >= 15 is 0 Å². The minimum atomic E-state index is 0.161. The van der Waals surface area contributed by atoms with E-state index in [0.717, 1.165) is 6.42 Å². The molecule has 0 spiro atoms. The molecule has 0 fully saturated rings. The third-order valence-electron chi connectivity index (χ3n) is 2.19. The standard InChI is InChI=1S/C14H25N/c1-3-4-5-6-7-8-9-10-11-12-13-14(2)15/h3,10-14H,1,4-9,15H2,2H3/b11-10-,13-12+. The van der Waals surface area contributed by atoms with Crippen molar-refractivity contribution in [1.29, 1.82) is 0 Å². The van der Waals surface area contributed by atoms with Gasteiger partial charge in [-0.3, -0.25) is 0 Å². The van der Waals surface area contributed by atoms with Crippen molar-refractivity contribution in [3.63, 3.8) is 0 Å². The fraction of sp³-hybridized carbons (Fsp3) is 0.571. The molecule has 0 heterocycles. The molecule has 0 aliphatic rings. The maximum Gasteiger partial charge on any atom is 0.0197 e. The molecule has 0 aromatic heterocycles. The molecule has 2 N–H and O–H groups in total. The van der Waals surface area contributed by atoms with Crippen LogP contribution in [0.15, 0.2) is 37.0 Å². The molecule has 0 radical (unpaired) electrons. The molecule has 0 aliphatic carbocycles. The molecule has 0 bridgehead atoms. The summed E-state index contributed by atoms with van der Waals surface area (Å²) in [5.41, 5.74) is 5.57. The van der Waals surface area contributed by atoms with Gasteiger partial charge in [-0.05, 0) is 32.6 Å². The van der Waals surface area contributed by atoms with E-state index in [2.05, 4.69) is 18.7 Å². The molecule has 0 saturated heterocycles. The Morgan fingerprint density at radius 3 is 2.33 bits per heavy atom. The summed E-state index contributed by atoms with van der Waals surface area (Å²) in [5.74, 6) is 0. The lowest BCUT2D eigenvalue weighted by molar-refractivity contribution is 0.652. The Labute approximate surface area is 94.8 Å². The number of unbranched alkanes of at least 4 members (excludes halogenated alkanes) is 5. The van der Waals surface area contributed by atoms with Gasteiger partial charge < -0.3 is 5.73 Å². The van der Waals surface area contributed by atoms with Crippen LogP contribution in [0.4, 0.5) is 0 Å². The van der Waals surface area contributed by atoms with Crippen LogP contribution in [0.25, 0.3) is 0 Å². The van der Waals surface area contributed by atoms with E-state index in [1.165, 1.54) is 32.1 Å². The van der Waals surface area contributed by atoms with Crippen LogP contribution in [0.5, 0.6) is 0 Å². The van der Waals surface area contributed by atoms with Crippen molar-refractivity contribution in [1.82, 2.24) is 0 Å². The van der Waals surface area contributed by atoms with Gasteiger partial charge in [0.1, 0.15) is 0 Å². The molecule has 1 nitrogen and oxygen atoms in total. The Bertz CT molecular complexity index is 190. The van der Waals surface area contributed by atoms with E-state index in [1.807, 2.05) is 25.2 Å². The fourth-order valence-electron chi connectivity index (χ4n) is 1.32. The quantitative estimate of drug-likeness (QED) is 0.345. The van der Waals surface area contributed by atoms with Gasteiger partial charge in [-0.15, -0.1) is 6.58 Å². The second kappa shape index (κ2) is 11.3. The summed E-state index contributed by atoms with van der Waals surface area (Å²) < 4.78 is 0. The molecule has 0 aromatic carbocycles. The Hall–Kier alpha value is -0.820. The van der Waals surface area contributed by atoms with Gasteiger partial charge in [0.15, 0.2) is 0 Å². The maximum atomic E-state index is 5.57. The first-order chi connectivity index (χ1) is 7.27. The fourth-order valence-corrected chi connectivity index (χ4v) is 1.32. The third kappa shape index (κ3) is 13.2. The number of allylic oxidation sites excluding steroid dienone is 4. The molecule has 1 unspecified atom stereocenters. The van der Waals surface area contributed by atoms with Gasteiger partial charge in [-0.1, -0.05) is 43.2 Å². The van der Waals surface area contributed by atoms with Crippen molar-refractivity contribution in [2.24, 2.45) is 5.73 Å². The first kappa shape index (κ1) is 14.2. The summed E-state index contributed by atoms with van der Waals surface area (Å²) in [4.78, 5) is 0. The van der Waals surface area contributed by atoms with Crippen molar-refractivity contribution in [3.05, 3.63) is 37.0 Å². The normalized spacial score (nSPS) is 13.7. The Morgan fingerprint density at radius 1 is 1.07 bits per heavy atom. The van der Waals surface area contributed by atoms with Crippen LogP contribution >= 0.6 is 0 Å². The van der Waals surface area contributed by atoms with Gasteiger partial charge in [0.2, 0.25) is 0 Å². The summed E-state index contributed by atoms with van der Waals surface area (Å²) in [6.07, 6.45) is 17.9. The molecule has 15 heavy (non-hydrogen) atoms. The third-order valence-corrected chi connectivity index (χ3v) is 2.19. The molecular weight excluding hydrogens is 182 g/mol. The summed E-state index contributed by atoms with van der Waals surface area (Å²) in [6.45, 7) is 5.69. The van der Waals surface area contributed by atoms with Crippen LogP contribution in [0.1, 0.15) is 45.4 Å². The Kier molecular flexibility index (Phi) is 10.6. The highest BCUT2D eigenvalue weighted by Crippen LogP contribution is 2.05. The molecule has 86 valence electrons. The van der Waals surface area contributed by atoms with Gasteiger partial charge in [0.05, 0.1) is 0 Å². The zero-order valence-electron chi connectivity index (χ0n) is 9.99. The van der Waals surface area contributed by atoms with Crippen molar-refractivity contribution < 1.29 is 0 Å². The molecule has 0 saturated carbocycles. The lowest BCUT2D eigenvalue weighted by Gasteiger charge is -1.96. The zero-order valence-corrected chi connectivity index (χ0v) is 9.99. The molecular formula is C14H25N. The summed E-state index contributed by atoms with van der Waals surface area (Å²) in [5, 5.41) is 0. The van der Waals surface area contributed by atoms with Crippen molar-refractivity contribution in [2.75, 3.05) is 0 Å². The van der Waals surface area contributed by atoms with E-state index < -0.39 is 0 Å². The average molecular weight is 207 g/mol. The number of hydrogen-bond donors (Lipinski definition) is 1. The monoisotopic (exact) mass is 207 g/mol. The van der Waals surface area contributed by atoms with Gasteiger partial charge >= 0.3 is 0 Å². The predicted molar refractivity (Wildman–Crippen MR) is 69.8 cm³/mol. The van der Waals surface area contributed by atoms with E-state index in [-0.39, 0.29) is 6.04 Å². The second-order valence-corrected chi connectivity index (χ2v) is 3.95. The van der Waals surface area contributed by atoms with Gasteiger partial charge in [-0.25, -0.2) is 0 Å². The van der Waals surface area contributed by atoms with Crippen LogP contribution in [-0.4, -0.2) is 6.04 Å². The van der Waals surface area contributed by atoms with Crippen molar-refractivity contribution >= 4 is 0 Å². The van der Waals surface area contributed by atoms with Crippen LogP contribution in [0, 0.1) is 0 Å². The highest BCUT2D eigenvalue weighted by molar-refractivity contribution is 5.04. The molecule has 0 amide bonds. The number of hydrogen-bond acceptors (Lipinski definition) is 1. The smallest absolute Gasteiger partial charge is 0.0197 e. The van der Waals surface area contributed by atoms with E-state index in [1.54, 1.807) is 0 Å². The maximum absolute atomic E-state index is 5.57. The second-order valence-electron chi connectivity index (χ2n) is 3.95. The summed E-state index contributed by atoms with van der Waals surface area (Å²) in [6, 6.07) is 0.161. The molecule has 1 heteroatoms. The number of nitrogens with two attached hydrogens (primary N) is 1. The SMILES string of the molecule is C=CCCCCCC/C=C\C=C\C(C)N. The van der Waals surface area contributed by atoms with Crippen LogP contribution in [-0.2, 0) is 0 Å². The Morgan fingerprint density at radius 2 is 1.73 bits per heavy atom. The molecule has 0 rings (SSSR count). The van der Waals surface area contributed by atoms with Crippen molar-refractivity contribution in [2.45, 2.75) is 51.5 Å². The first-order valence-corrected chi connectivity index (χ1v) is 5.97. The summed E-state index contributed by atoms with van der Waals surface area (Å²) >= 11 is 0. The van der Waals surface area contributed by atoms with Crippen molar-refractivity contribution in [3.8, 4) is 0 Å². The van der Waals surface area contributed by atoms with Gasteiger partial charge in [-0.2, -0.15) is 0 Å². The highest BCUT2D eigenvalue weighted by atomic mass is 14.6. The van der Waals surface area contributed by atoms with E-state index in [4.69, 9.17) is 5.73 Å². The topological polar surface area (TPSA) is 26.0 Å². The van der Waals surface area contributed by atoms with E-state index in [9.17, 15) is 0 Å². The predicted octanol–water partition coefficient (Wildman–Crippen LogP) is 3.97.